The maximum absolute atomic E-state index is 14.4. The van der Waals surface area contributed by atoms with Crippen LogP contribution >= 0.6 is 0 Å². The van der Waals surface area contributed by atoms with E-state index in [1.165, 1.54) is 114 Å². The number of aliphatic hydroxyl groups excluding tert-OH is 2. The van der Waals surface area contributed by atoms with Crippen molar-refractivity contribution in [2.45, 2.75) is 324 Å². The lowest BCUT2D eigenvalue weighted by molar-refractivity contribution is -0.141. The summed E-state index contributed by atoms with van der Waals surface area (Å²) in [4.78, 5) is 127. The van der Waals surface area contributed by atoms with Crippen LogP contribution in [0.1, 0.15) is 244 Å². The molecule has 0 aliphatic carbocycles. The first-order chi connectivity index (χ1) is 43.9. The number of carboxylic acids is 1. The number of hydrogen-bond donors (Lipinski definition) is 16. The van der Waals surface area contributed by atoms with E-state index >= 15 is 0 Å². The van der Waals surface area contributed by atoms with Gasteiger partial charge < -0.3 is 91.5 Å². The first-order valence-corrected chi connectivity index (χ1v) is 34.6. The number of nitrogens with two attached hydrogens (primary N) is 6. The van der Waals surface area contributed by atoms with Crippen LogP contribution in [-0.4, -0.2) is 175 Å². The molecule has 3 heterocycles. The molecule has 2 saturated heterocycles. The second kappa shape index (κ2) is 46.3. The fourth-order valence-electron chi connectivity index (χ4n) is 12.2. The average Bonchev–Trinajstić information content (AvgIpc) is 1.83. The van der Waals surface area contributed by atoms with Crippen LogP contribution in [0.2, 0.25) is 0 Å². The van der Waals surface area contributed by atoms with Crippen LogP contribution in [0, 0.1) is 0 Å². The first kappa shape index (κ1) is 80.4. The van der Waals surface area contributed by atoms with Gasteiger partial charge in [-0.15, -0.1) is 0 Å². The number of aliphatic carboxylic acids is 1. The van der Waals surface area contributed by atoms with Crippen molar-refractivity contribution in [3.05, 3.63) is 18.2 Å². The molecule has 0 bridgehead atoms. The van der Waals surface area contributed by atoms with Crippen LogP contribution in [0.4, 0.5) is 0 Å². The van der Waals surface area contributed by atoms with Crippen molar-refractivity contribution in [2.75, 3.05) is 13.1 Å². The summed E-state index contributed by atoms with van der Waals surface area (Å²) in [5.74, 6) is -8.68. The summed E-state index contributed by atoms with van der Waals surface area (Å²) in [6.45, 7) is 3.78. The molecule has 2 aliphatic rings. The van der Waals surface area contributed by atoms with Crippen LogP contribution in [0.25, 0.3) is 0 Å². The highest BCUT2D eigenvalue weighted by Crippen LogP contribution is 2.25. The minimum atomic E-state index is -1.74. The Hall–Kier alpha value is -5.84. The molecule has 92 heavy (non-hydrogen) atoms. The molecule has 13 unspecified atom stereocenters. The van der Waals surface area contributed by atoms with Crippen molar-refractivity contribution >= 4 is 53.2 Å². The lowest BCUT2D eigenvalue weighted by Gasteiger charge is -2.34. The minimum Gasteiger partial charge on any atom is -0.480 e. The highest BCUT2D eigenvalue weighted by atomic mass is 16.4. The molecule has 22 N–H and O–H groups in total. The third-order valence-corrected chi connectivity index (χ3v) is 17.7. The number of primary amides is 1. The third kappa shape index (κ3) is 34.9. The molecular formula is C65H119N15O12. The van der Waals surface area contributed by atoms with Gasteiger partial charge in [0.1, 0.15) is 30.2 Å². The maximum atomic E-state index is 14.4. The Kier molecular flexibility index (Phi) is 40.4. The van der Waals surface area contributed by atoms with Gasteiger partial charge in [0.2, 0.25) is 47.3 Å². The molecule has 13 atom stereocenters. The molecule has 2 aliphatic heterocycles. The number of aromatic nitrogens is 2. The van der Waals surface area contributed by atoms with E-state index in [4.69, 9.17) is 34.4 Å². The van der Waals surface area contributed by atoms with E-state index in [-0.39, 0.29) is 32.0 Å². The van der Waals surface area contributed by atoms with E-state index in [0.29, 0.717) is 49.5 Å². The van der Waals surface area contributed by atoms with Gasteiger partial charge >= 0.3 is 5.97 Å². The third-order valence-electron chi connectivity index (χ3n) is 17.7. The molecule has 0 spiro atoms. The van der Waals surface area contributed by atoms with Gasteiger partial charge in [0.05, 0.1) is 56.3 Å². The Morgan fingerprint density at radius 3 is 1.66 bits per heavy atom. The van der Waals surface area contributed by atoms with Crippen LogP contribution in [0.5, 0.6) is 0 Å². The standard InChI is InChI=1S/C65H119N15O12/c1-43(66)24-15-7-3-8-16-25-45(67)26-17-9-4-10-18-27-46(68)28-19-11-5-12-20-29-47(69)30-21-13-6-14-22-31-49(81)33-34-73-57(84)40-55(82)54-32-23-35-80(54)64(90)60-44(2)75-59(86)39-53(62(88)77-52(38-56(71)83)63(89)79-60)78-61(87)51(36-48-41-72-42-74-48)76-58(85)37-50(70)65(91)92/h41-47,49-55,60,81-82H,3-40,66-70H2,1-2H3,(H2,71,83)(H,72,74)(H,73,84)(H,75,86)(H,76,85)(H,77,88)(H,78,87)(H,79,89)(H,91,92). The molecule has 27 nitrogen and oxygen atoms in total. The van der Waals surface area contributed by atoms with Gasteiger partial charge in [0, 0.05) is 55.6 Å². The largest absolute Gasteiger partial charge is 0.480 e. The Balaban J connectivity index is 1.30. The predicted molar refractivity (Wildman–Crippen MR) is 352 cm³/mol. The highest BCUT2D eigenvalue weighted by molar-refractivity contribution is 5.99. The Morgan fingerprint density at radius 1 is 0.663 bits per heavy atom. The molecule has 526 valence electrons. The summed E-state index contributed by atoms with van der Waals surface area (Å²) in [6, 6.07) is -8.91. The first-order valence-electron chi connectivity index (χ1n) is 34.6. The smallest absolute Gasteiger partial charge is 0.321 e. The lowest BCUT2D eigenvalue weighted by Crippen LogP contribution is -2.62. The van der Waals surface area contributed by atoms with Crippen molar-refractivity contribution in [1.29, 1.82) is 0 Å². The second-order valence-corrected chi connectivity index (χ2v) is 26.3. The summed E-state index contributed by atoms with van der Waals surface area (Å²) in [5.41, 5.74) is 36.4. The van der Waals surface area contributed by atoms with Gasteiger partial charge in [-0.05, 0) is 84.5 Å². The maximum Gasteiger partial charge on any atom is 0.321 e. The number of amides is 8. The monoisotopic (exact) mass is 1300 g/mol. The van der Waals surface area contributed by atoms with Crippen molar-refractivity contribution in [3.63, 3.8) is 0 Å². The van der Waals surface area contributed by atoms with Crippen LogP contribution in [0.15, 0.2) is 12.5 Å². The molecule has 3 rings (SSSR count). The molecule has 27 heteroatoms. The van der Waals surface area contributed by atoms with Crippen molar-refractivity contribution < 1.29 is 58.5 Å². The minimum absolute atomic E-state index is 0.121. The zero-order valence-corrected chi connectivity index (χ0v) is 55.4. The number of carbonyl (C=O) groups excluding carboxylic acids is 8. The van der Waals surface area contributed by atoms with E-state index in [2.05, 4.69) is 48.8 Å². The number of nitrogens with one attached hydrogen (secondary N) is 7. The van der Waals surface area contributed by atoms with Gasteiger partial charge in [0.15, 0.2) is 0 Å². The predicted octanol–water partition coefficient (Wildman–Crippen LogP) is 2.34. The normalized spacial score (nSPS) is 20.6. The average molecular weight is 1300 g/mol. The molecular weight excluding hydrogens is 1180 g/mol. The molecule has 0 aromatic carbocycles. The quantitative estimate of drug-likeness (QED) is 0.0416. The number of imidazole rings is 1. The second-order valence-electron chi connectivity index (χ2n) is 26.3. The Morgan fingerprint density at radius 2 is 1.17 bits per heavy atom. The number of hydrogen-bond acceptors (Lipinski definition) is 17. The molecule has 0 saturated carbocycles. The van der Waals surface area contributed by atoms with Crippen LogP contribution in [-0.2, 0) is 49.6 Å². The fraction of sp³-hybridized carbons (Fsp3) is 0.815. The summed E-state index contributed by atoms with van der Waals surface area (Å²) >= 11 is 0. The Bertz CT molecular complexity index is 2320. The molecule has 0 radical (unpaired) electrons. The number of likely N-dealkylation sites (tertiary alicyclic amines) is 1. The Labute approximate surface area is 545 Å². The van der Waals surface area contributed by atoms with Gasteiger partial charge in [-0.3, -0.25) is 43.2 Å². The SMILES string of the molecule is CC(N)CCCCCCCC(N)CCCCCCCC(N)CCCCCCCC(N)CCCCCCCC(O)CCNC(=O)CC(O)C1CCCN1C(=O)C1NC(=O)C(CC(N)=O)NC(=O)C(NC(=O)C(Cc2cnc[nH]2)NC(=O)CC(N)C(=O)O)CC(=O)NC1C. The van der Waals surface area contributed by atoms with E-state index < -0.39 is 127 Å². The van der Waals surface area contributed by atoms with Crippen LogP contribution < -0.4 is 66.3 Å². The molecule has 1 aromatic heterocycles. The number of carboxylic acid groups (broad SMARTS) is 1. The van der Waals surface area contributed by atoms with E-state index in [0.717, 1.165) is 83.5 Å². The summed E-state index contributed by atoms with van der Waals surface area (Å²) in [5, 5.41) is 46.2. The number of unbranched alkanes of at least 4 members (excludes halogenated alkanes) is 16. The molecule has 2 fully saturated rings. The van der Waals surface area contributed by atoms with Crippen molar-refractivity contribution in [3.8, 4) is 0 Å². The van der Waals surface area contributed by atoms with E-state index in [1.807, 2.05) is 0 Å². The summed E-state index contributed by atoms with van der Waals surface area (Å²) < 4.78 is 0. The summed E-state index contributed by atoms with van der Waals surface area (Å²) in [6.07, 6.45) is 30.9. The molecule has 1 aromatic rings. The van der Waals surface area contributed by atoms with E-state index in [9.17, 15) is 58.5 Å². The highest BCUT2D eigenvalue weighted by Gasteiger charge is 2.42. The van der Waals surface area contributed by atoms with E-state index in [1.54, 1.807) is 0 Å². The van der Waals surface area contributed by atoms with Gasteiger partial charge in [-0.1, -0.05) is 128 Å². The van der Waals surface area contributed by atoms with Crippen molar-refractivity contribution in [1.82, 2.24) is 46.8 Å². The zero-order valence-electron chi connectivity index (χ0n) is 55.4. The number of rotatable bonds is 49. The van der Waals surface area contributed by atoms with Gasteiger partial charge in [0.25, 0.3) is 0 Å². The fourth-order valence-corrected chi connectivity index (χ4v) is 12.2. The lowest BCUT2D eigenvalue weighted by atomic mass is 9.98. The van der Waals surface area contributed by atoms with Gasteiger partial charge in [-0.25, -0.2) is 4.98 Å². The topological polar surface area (TPSA) is 475 Å². The zero-order chi connectivity index (χ0) is 67.8. The summed E-state index contributed by atoms with van der Waals surface area (Å²) in [7, 11) is 0. The van der Waals surface area contributed by atoms with Gasteiger partial charge in [-0.2, -0.15) is 0 Å². The van der Waals surface area contributed by atoms with Crippen LogP contribution in [0.3, 0.4) is 0 Å². The number of nitrogens with zero attached hydrogens (tertiary/aromatic N) is 2. The number of H-pyrrole nitrogens is 1. The van der Waals surface area contributed by atoms with Crippen molar-refractivity contribution in [2.24, 2.45) is 34.4 Å². The molecule has 8 amide bonds. The number of carbonyl (C=O) groups is 9. The number of aliphatic hydroxyl groups is 2. The number of aromatic amines is 1.